The molecule has 0 aliphatic heterocycles. The van der Waals surface area contributed by atoms with Crippen LogP contribution in [0, 0.1) is 0 Å². The van der Waals surface area contributed by atoms with Gasteiger partial charge in [-0.15, -0.1) is 0 Å². The molecule has 0 aliphatic rings. The van der Waals surface area contributed by atoms with Gasteiger partial charge in [0.1, 0.15) is 5.75 Å². The second-order valence-electron chi connectivity index (χ2n) is 3.63. The van der Waals surface area contributed by atoms with Gasteiger partial charge in [0.25, 0.3) is 0 Å². The summed E-state index contributed by atoms with van der Waals surface area (Å²) >= 11 is 5.74. The fourth-order valence-corrected chi connectivity index (χ4v) is 1.65. The molecule has 1 rings (SSSR count). The van der Waals surface area contributed by atoms with Gasteiger partial charge >= 0.3 is 0 Å². The van der Waals surface area contributed by atoms with Gasteiger partial charge in [0.15, 0.2) is 0 Å². The van der Waals surface area contributed by atoms with Crippen LogP contribution in [-0.2, 0) is 0 Å². The zero-order chi connectivity index (χ0) is 12.0. The Morgan fingerprint density at radius 1 is 1.44 bits per heavy atom. The Morgan fingerprint density at radius 2 is 2.06 bits per heavy atom. The number of benzene rings is 1. The number of hydrogen-bond acceptors (Lipinski definition) is 2. The predicted molar refractivity (Wildman–Crippen MR) is 69.0 cm³/mol. The van der Waals surface area contributed by atoms with Crippen LogP contribution in [0.4, 0.5) is 0 Å². The quantitative estimate of drug-likeness (QED) is 0.821. The minimum Gasteiger partial charge on any atom is -0.497 e. The normalized spacial score (nSPS) is 12.2. The number of rotatable bonds is 6. The van der Waals surface area contributed by atoms with E-state index in [1.165, 1.54) is 5.56 Å². The van der Waals surface area contributed by atoms with Crippen molar-refractivity contribution in [2.45, 2.75) is 19.4 Å². The fourth-order valence-electron chi connectivity index (χ4n) is 1.57. The van der Waals surface area contributed by atoms with Gasteiger partial charge in [0, 0.05) is 17.6 Å². The lowest BCUT2D eigenvalue weighted by atomic mass is 10.0. The van der Waals surface area contributed by atoms with E-state index in [0.717, 1.165) is 12.2 Å². The van der Waals surface area contributed by atoms with E-state index in [9.17, 15) is 0 Å². The smallest absolute Gasteiger partial charge is 0.118 e. The molecule has 0 amide bonds. The lowest BCUT2D eigenvalue weighted by molar-refractivity contribution is 0.414. The molecular formula is C13H18ClNO. The van der Waals surface area contributed by atoms with Crippen molar-refractivity contribution in [1.82, 2.24) is 5.32 Å². The summed E-state index contributed by atoms with van der Waals surface area (Å²) in [6, 6.07) is 8.37. The van der Waals surface area contributed by atoms with E-state index in [4.69, 9.17) is 16.3 Å². The lowest BCUT2D eigenvalue weighted by Gasteiger charge is -2.17. The summed E-state index contributed by atoms with van der Waals surface area (Å²) in [4.78, 5) is 0. The summed E-state index contributed by atoms with van der Waals surface area (Å²) in [6.07, 6.45) is 1.01. The first-order valence-corrected chi connectivity index (χ1v) is 5.75. The molecule has 0 bridgehead atoms. The maximum atomic E-state index is 5.74. The van der Waals surface area contributed by atoms with Gasteiger partial charge in [0.05, 0.1) is 7.11 Å². The molecule has 0 heterocycles. The van der Waals surface area contributed by atoms with Gasteiger partial charge < -0.3 is 10.1 Å². The van der Waals surface area contributed by atoms with E-state index in [0.29, 0.717) is 17.6 Å². The molecule has 2 nitrogen and oxygen atoms in total. The molecule has 1 unspecified atom stereocenters. The Hall–Kier alpha value is -0.990. The summed E-state index contributed by atoms with van der Waals surface area (Å²) in [5, 5.41) is 3.98. The van der Waals surface area contributed by atoms with Crippen LogP contribution in [0.2, 0.25) is 0 Å². The summed E-state index contributed by atoms with van der Waals surface area (Å²) in [5.41, 5.74) is 1.24. The second-order valence-corrected chi connectivity index (χ2v) is 4.17. The largest absolute Gasteiger partial charge is 0.497 e. The fraction of sp³-hybridized carbons (Fsp3) is 0.385. The van der Waals surface area contributed by atoms with Gasteiger partial charge in [-0.25, -0.2) is 0 Å². The van der Waals surface area contributed by atoms with Gasteiger partial charge in [-0.3, -0.25) is 0 Å². The average Bonchev–Trinajstić information content (AvgIpc) is 2.30. The van der Waals surface area contributed by atoms with E-state index >= 15 is 0 Å². The Bertz CT molecular complexity index is 334. The summed E-state index contributed by atoms with van der Waals surface area (Å²) < 4.78 is 5.13. The average molecular weight is 240 g/mol. The van der Waals surface area contributed by atoms with E-state index in [-0.39, 0.29) is 0 Å². The van der Waals surface area contributed by atoms with Crippen LogP contribution >= 0.6 is 11.6 Å². The Labute approximate surface area is 102 Å². The third kappa shape index (κ3) is 3.87. The molecule has 1 aromatic carbocycles. The summed E-state index contributed by atoms with van der Waals surface area (Å²) in [7, 11) is 1.67. The van der Waals surface area contributed by atoms with Crippen molar-refractivity contribution in [3.63, 3.8) is 0 Å². The Morgan fingerprint density at radius 3 is 2.50 bits per heavy atom. The van der Waals surface area contributed by atoms with Crippen LogP contribution in [0.15, 0.2) is 35.9 Å². The number of nitrogens with one attached hydrogen (secondary N) is 1. The molecule has 3 heteroatoms. The number of methoxy groups -OCH3 is 1. The van der Waals surface area contributed by atoms with E-state index in [2.05, 4.69) is 31.0 Å². The first kappa shape index (κ1) is 13.1. The number of halogens is 1. The molecule has 1 atom stereocenters. The van der Waals surface area contributed by atoms with Crippen LogP contribution in [-0.4, -0.2) is 13.7 Å². The van der Waals surface area contributed by atoms with Crippen molar-refractivity contribution in [2.24, 2.45) is 0 Å². The Balaban J connectivity index is 2.66. The van der Waals surface area contributed by atoms with Gasteiger partial charge in [-0.05, 0) is 24.1 Å². The second kappa shape index (κ2) is 6.56. The minimum atomic E-state index is 0.307. The van der Waals surface area contributed by atoms with Crippen molar-refractivity contribution in [3.8, 4) is 5.75 Å². The molecule has 0 saturated heterocycles. The van der Waals surface area contributed by atoms with Crippen molar-refractivity contribution in [3.05, 3.63) is 41.4 Å². The van der Waals surface area contributed by atoms with Crippen LogP contribution in [0.5, 0.6) is 5.75 Å². The molecule has 1 aromatic rings. The first-order valence-electron chi connectivity index (χ1n) is 5.38. The minimum absolute atomic E-state index is 0.307. The molecule has 0 spiro atoms. The third-order valence-electron chi connectivity index (χ3n) is 2.47. The molecule has 0 aliphatic carbocycles. The molecule has 88 valence electrons. The van der Waals surface area contributed by atoms with E-state index in [1.807, 2.05) is 12.1 Å². The van der Waals surface area contributed by atoms with E-state index < -0.39 is 0 Å². The molecule has 0 radical (unpaired) electrons. The van der Waals surface area contributed by atoms with Crippen molar-refractivity contribution >= 4 is 11.6 Å². The third-order valence-corrected chi connectivity index (χ3v) is 2.60. The van der Waals surface area contributed by atoms with Crippen LogP contribution in [0.1, 0.15) is 24.9 Å². The highest BCUT2D eigenvalue weighted by atomic mass is 35.5. The molecule has 0 fully saturated rings. The van der Waals surface area contributed by atoms with Crippen LogP contribution < -0.4 is 10.1 Å². The highest BCUT2D eigenvalue weighted by molar-refractivity contribution is 6.29. The predicted octanol–water partition coefficient (Wildman–Crippen LogP) is 3.49. The molecule has 0 saturated carbocycles. The van der Waals surface area contributed by atoms with Gasteiger partial charge in [-0.2, -0.15) is 0 Å². The Kier molecular flexibility index (Phi) is 5.36. The van der Waals surface area contributed by atoms with Crippen molar-refractivity contribution < 1.29 is 4.74 Å². The van der Waals surface area contributed by atoms with Crippen LogP contribution in [0.3, 0.4) is 0 Å². The van der Waals surface area contributed by atoms with Crippen LogP contribution in [0.25, 0.3) is 0 Å². The number of ether oxygens (including phenoxy) is 1. The van der Waals surface area contributed by atoms with Crippen molar-refractivity contribution in [1.29, 1.82) is 0 Å². The molecule has 16 heavy (non-hydrogen) atoms. The zero-order valence-electron chi connectivity index (χ0n) is 9.79. The maximum absolute atomic E-state index is 5.74. The SMILES string of the molecule is C=C(Cl)CNC(CC)c1ccc(OC)cc1. The van der Waals surface area contributed by atoms with Crippen molar-refractivity contribution in [2.75, 3.05) is 13.7 Å². The zero-order valence-corrected chi connectivity index (χ0v) is 10.6. The standard InChI is InChI=1S/C13H18ClNO/c1-4-13(15-9-10(2)14)11-5-7-12(16-3)8-6-11/h5-8,13,15H,2,4,9H2,1,3H3. The van der Waals surface area contributed by atoms with E-state index in [1.54, 1.807) is 7.11 Å². The monoisotopic (exact) mass is 239 g/mol. The molecular weight excluding hydrogens is 222 g/mol. The molecule has 1 N–H and O–H groups in total. The summed E-state index contributed by atoms with van der Waals surface area (Å²) in [6.45, 7) is 6.43. The number of hydrogen-bond donors (Lipinski definition) is 1. The van der Waals surface area contributed by atoms with Gasteiger partial charge in [0.2, 0.25) is 0 Å². The highest BCUT2D eigenvalue weighted by Crippen LogP contribution is 2.20. The highest BCUT2D eigenvalue weighted by Gasteiger charge is 2.08. The molecule has 0 aromatic heterocycles. The van der Waals surface area contributed by atoms with Gasteiger partial charge in [-0.1, -0.05) is 37.2 Å². The topological polar surface area (TPSA) is 21.3 Å². The summed E-state index contributed by atoms with van der Waals surface area (Å²) in [5.74, 6) is 0.875. The lowest BCUT2D eigenvalue weighted by Crippen LogP contribution is -2.21. The first-order chi connectivity index (χ1) is 7.67. The maximum Gasteiger partial charge on any atom is 0.118 e.